The van der Waals surface area contributed by atoms with Crippen LogP contribution in [0, 0.1) is 20.8 Å². The summed E-state index contributed by atoms with van der Waals surface area (Å²) in [5.74, 6) is -0.211. The van der Waals surface area contributed by atoms with Gasteiger partial charge in [0, 0.05) is 6.08 Å². The molecule has 0 unspecified atom stereocenters. The number of para-hydroxylation sites is 2. The third kappa shape index (κ3) is 5.45. The third-order valence-corrected chi connectivity index (χ3v) is 5.00. The Balaban J connectivity index is 1.63. The molecule has 0 radical (unpaired) electrons. The molecule has 3 aromatic carbocycles. The number of amides is 1. The van der Waals surface area contributed by atoms with Crippen molar-refractivity contribution in [2.45, 2.75) is 20.8 Å². The van der Waals surface area contributed by atoms with E-state index in [1.165, 1.54) is 28.3 Å². The molecule has 3 rings (SSSR count). The van der Waals surface area contributed by atoms with Gasteiger partial charge in [0.2, 0.25) is 5.91 Å². The SMILES string of the molecule is Cc1cc(/C=C\c2ccc(/C=C/C(=O)Nc3ccccc3N)cc2)cc(C)c1C. The van der Waals surface area contributed by atoms with Crippen LogP contribution >= 0.6 is 0 Å². The van der Waals surface area contributed by atoms with Gasteiger partial charge in [-0.1, -0.05) is 60.7 Å². The lowest BCUT2D eigenvalue weighted by atomic mass is 10.00. The lowest BCUT2D eigenvalue weighted by Crippen LogP contribution is -2.09. The first-order valence-corrected chi connectivity index (χ1v) is 9.62. The summed E-state index contributed by atoms with van der Waals surface area (Å²) in [7, 11) is 0. The quantitative estimate of drug-likeness (QED) is 0.322. The molecule has 1 amide bonds. The van der Waals surface area contributed by atoms with E-state index in [9.17, 15) is 4.79 Å². The summed E-state index contributed by atoms with van der Waals surface area (Å²) in [5, 5.41) is 2.78. The van der Waals surface area contributed by atoms with Gasteiger partial charge in [0.25, 0.3) is 0 Å². The molecule has 0 saturated heterocycles. The number of nitrogens with two attached hydrogens (primary N) is 1. The summed E-state index contributed by atoms with van der Waals surface area (Å²) in [5.41, 5.74) is 14.2. The minimum absolute atomic E-state index is 0.211. The Morgan fingerprint density at radius 3 is 1.97 bits per heavy atom. The molecule has 0 spiro atoms. The maximum absolute atomic E-state index is 12.1. The van der Waals surface area contributed by atoms with E-state index in [0.717, 1.165) is 11.1 Å². The van der Waals surface area contributed by atoms with Gasteiger partial charge in [0.15, 0.2) is 0 Å². The Morgan fingerprint density at radius 2 is 1.34 bits per heavy atom. The van der Waals surface area contributed by atoms with E-state index in [1.54, 1.807) is 18.2 Å². The largest absolute Gasteiger partial charge is 0.397 e. The Morgan fingerprint density at radius 1 is 0.793 bits per heavy atom. The fourth-order valence-electron chi connectivity index (χ4n) is 3.03. The van der Waals surface area contributed by atoms with Gasteiger partial charge in [-0.2, -0.15) is 0 Å². The van der Waals surface area contributed by atoms with Gasteiger partial charge < -0.3 is 11.1 Å². The van der Waals surface area contributed by atoms with Crippen LogP contribution in [0.1, 0.15) is 33.4 Å². The molecule has 0 aromatic heterocycles. The predicted molar refractivity (Wildman–Crippen MR) is 125 cm³/mol. The zero-order valence-electron chi connectivity index (χ0n) is 17.1. The highest BCUT2D eigenvalue weighted by Gasteiger charge is 2.01. The molecule has 0 aliphatic carbocycles. The highest BCUT2D eigenvalue weighted by Crippen LogP contribution is 2.18. The van der Waals surface area contributed by atoms with Gasteiger partial charge >= 0.3 is 0 Å². The van der Waals surface area contributed by atoms with Crippen LogP contribution in [0.4, 0.5) is 11.4 Å². The molecule has 3 N–H and O–H groups in total. The molecular formula is C26H26N2O. The summed E-state index contributed by atoms with van der Waals surface area (Å²) >= 11 is 0. The summed E-state index contributed by atoms with van der Waals surface area (Å²) in [4.78, 5) is 12.1. The molecule has 29 heavy (non-hydrogen) atoms. The molecule has 3 heteroatoms. The van der Waals surface area contributed by atoms with Crippen molar-refractivity contribution in [2.24, 2.45) is 0 Å². The Labute approximate surface area is 172 Å². The summed E-state index contributed by atoms with van der Waals surface area (Å²) in [6.45, 7) is 6.44. The first kappa shape index (κ1) is 20.2. The fraction of sp³-hybridized carbons (Fsp3) is 0.115. The van der Waals surface area contributed by atoms with Crippen molar-refractivity contribution < 1.29 is 4.79 Å². The summed E-state index contributed by atoms with van der Waals surface area (Å²) < 4.78 is 0. The second kappa shape index (κ2) is 9.07. The van der Waals surface area contributed by atoms with Crippen LogP contribution in [-0.4, -0.2) is 5.91 Å². The number of nitrogen functional groups attached to an aromatic ring is 1. The molecule has 0 heterocycles. The predicted octanol–water partition coefficient (Wildman–Crippen LogP) is 6.02. The maximum atomic E-state index is 12.1. The summed E-state index contributed by atoms with van der Waals surface area (Å²) in [6, 6.07) is 19.7. The average molecular weight is 383 g/mol. The Bertz CT molecular complexity index is 1050. The van der Waals surface area contributed by atoms with Crippen molar-refractivity contribution in [3.05, 3.63) is 100 Å². The van der Waals surface area contributed by atoms with Crippen LogP contribution in [-0.2, 0) is 4.79 Å². The van der Waals surface area contributed by atoms with Crippen molar-refractivity contribution >= 4 is 35.5 Å². The standard InChI is InChI=1S/C26H26N2O/c1-18-16-23(17-19(2)20(18)3)13-12-21-8-10-22(11-9-21)14-15-26(29)28-25-7-5-4-6-24(25)27/h4-17H,27H2,1-3H3,(H,28,29)/b13-12-,15-14+. The van der Waals surface area contributed by atoms with Crippen molar-refractivity contribution in [2.75, 3.05) is 11.1 Å². The van der Waals surface area contributed by atoms with E-state index in [0.29, 0.717) is 11.4 Å². The smallest absolute Gasteiger partial charge is 0.248 e. The number of hydrogen-bond acceptors (Lipinski definition) is 2. The zero-order chi connectivity index (χ0) is 20.8. The van der Waals surface area contributed by atoms with Crippen molar-refractivity contribution in [1.29, 1.82) is 0 Å². The van der Waals surface area contributed by atoms with Gasteiger partial charge in [-0.15, -0.1) is 0 Å². The molecule has 3 aromatic rings. The number of hydrogen-bond donors (Lipinski definition) is 2. The first-order valence-electron chi connectivity index (χ1n) is 9.62. The highest BCUT2D eigenvalue weighted by molar-refractivity contribution is 6.03. The molecule has 0 bridgehead atoms. The summed E-state index contributed by atoms with van der Waals surface area (Å²) in [6.07, 6.45) is 7.52. The highest BCUT2D eigenvalue weighted by atomic mass is 16.1. The van der Waals surface area contributed by atoms with Crippen molar-refractivity contribution in [3.8, 4) is 0 Å². The molecule has 3 nitrogen and oxygen atoms in total. The van der Waals surface area contributed by atoms with Gasteiger partial charge in [-0.3, -0.25) is 4.79 Å². The number of rotatable bonds is 5. The van der Waals surface area contributed by atoms with Crippen LogP contribution in [0.2, 0.25) is 0 Å². The monoisotopic (exact) mass is 382 g/mol. The second-order valence-electron chi connectivity index (χ2n) is 7.19. The molecule has 146 valence electrons. The maximum Gasteiger partial charge on any atom is 0.248 e. The first-order chi connectivity index (χ1) is 13.9. The molecule has 0 saturated carbocycles. The number of aryl methyl sites for hydroxylation is 2. The van der Waals surface area contributed by atoms with Crippen molar-refractivity contribution in [1.82, 2.24) is 0 Å². The van der Waals surface area contributed by atoms with Gasteiger partial charge in [0.05, 0.1) is 11.4 Å². The second-order valence-corrected chi connectivity index (χ2v) is 7.19. The van der Waals surface area contributed by atoms with Crippen LogP contribution in [0.3, 0.4) is 0 Å². The average Bonchev–Trinajstić information content (AvgIpc) is 2.71. The lowest BCUT2D eigenvalue weighted by Gasteiger charge is -2.06. The van der Waals surface area contributed by atoms with Gasteiger partial charge in [0.1, 0.15) is 0 Å². The van der Waals surface area contributed by atoms with Crippen LogP contribution in [0.15, 0.2) is 66.7 Å². The zero-order valence-corrected chi connectivity index (χ0v) is 17.1. The van der Waals surface area contributed by atoms with Gasteiger partial charge in [-0.25, -0.2) is 0 Å². The van der Waals surface area contributed by atoms with Crippen molar-refractivity contribution in [3.63, 3.8) is 0 Å². The fourth-order valence-corrected chi connectivity index (χ4v) is 3.03. The van der Waals surface area contributed by atoms with Crippen LogP contribution in [0.5, 0.6) is 0 Å². The van der Waals surface area contributed by atoms with E-state index in [1.807, 2.05) is 36.4 Å². The van der Waals surface area contributed by atoms with Crippen LogP contribution in [0.25, 0.3) is 18.2 Å². The number of carbonyl (C=O) groups is 1. The molecule has 0 fully saturated rings. The van der Waals surface area contributed by atoms with E-state index in [-0.39, 0.29) is 5.91 Å². The topological polar surface area (TPSA) is 55.1 Å². The van der Waals surface area contributed by atoms with E-state index in [2.05, 4.69) is 50.4 Å². The number of carbonyl (C=O) groups excluding carboxylic acids is 1. The third-order valence-electron chi connectivity index (χ3n) is 5.00. The Hall–Kier alpha value is -3.59. The van der Waals surface area contributed by atoms with E-state index >= 15 is 0 Å². The molecular weight excluding hydrogens is 356 g/mol. The minimum Gasteiger partial charge on any atom is -0.397 e. The Kier molecular flexibility index (Phi) is 6.30. The minimum atomic E-state index is -0.211. The van der Waals surface area contributed by atoms with E-state index in [4.69, 9.17) is 5.73 Å². The molecule has 0 atom stereocenters. The van der Waals surface area contributed by atoms with Gasteiger partial charge in [-0.05, 0) is 72.4 Å². The molecule has 0 aliphatic rings. The number of nitrogens with one attached hydrogen (secondary N) is 1. The van der Waals surface area contributed by atoms with E-state index < -0.39 is 0 Å². The number of anilines is 2. The number of benzene rings is 3. The lowest BCUT2D eigenvalue weighted by molar-refractivity contribution is -0.111. The molecule has 0 aliphatic heterocycles. The van der Waals surface area contributed by atoms with Crippen LogP contribution < -0.4 is 11.1 Å². The normalized spacial score (nSPS) is 11.3.